The third kappa shape index (κ3) is 5.05. The molecule has 1 atom stereocenters. The Kier molecular flexibility index (Phi) is 6.08. The third-order valence-electron chi connectivity index (χ3n) is 3.94. The lowest BCUT2D eigenvalue weighted by atomic mass is 10.1. The molecule has 1 N–H and O–H groups in total. The fourth-order valence-corrected chi connectivity index (χ4v) is 3.47. The Morgan fingerprint density at radius 2 is 1.92 bits per heavy atom. The van der Waals surface area contributed by atoms with Crippen LogP contribution < -0.4 is 10.1 Å². The normalized spacial score (nSPS) is 12.1. The molecule has 1 heterocycles. The molecule has 130 valence electrons. The largest absolute Gasteiger partial charge is 0.486 e. The van der Waals surface area contributed by atoms with Gasteiger partial charge in [0, 0.05) is 23.0 Å². The van der Waals surface area contributed by atoms with Gasteiger partial charge in [0.25, 0.3) is 0 Å². The summed E-state index contributed by atoms with van der Waals surface area (Å²) in [5.74, 6) is 0.868. The molecule has 0 amide bonds. The first kappa shape index (κ1) is 17.9. The molecule has 1 unspecified atom stereocenters. The molecule has 2 aromatic carbocycles. The number of hydrogen-bond acceptors (Lipinski definition) is 4. The highest BCUT2D eigenvalue weighted by atomic mass is 35.5. The smallest absolute Gasteiger partial charge is 0.140 e. The summed E-state index contributed by atoms with van der Waals surface area (Å²) in [6.07, 6.45) is 0. The summed E-state index contributed by atoms with van der Waals surface area (Å²) in [7, 11) is 0. The highest BCUT2D eigenvalue weighted by Gasteiger charge is 2.10. The van der Waals surface area contributed by atoms with Crippen molar-refractivity contribution in [1.29, 1.82) is 0 Å². The van der Waals surface area contributed by atoms with E-state index in [-0.39, 0.29) is 6.04 Å². The van der Waals surface area contributed by atoms with Crippen LogP contribution in [0.25, 0.3) is 0 Å². The molecule has 0 aliphatic heterocycles. The van der Waals surface area contributed by atoms with Crippen LogP contribution in [0.5, 0.6) is 5.75 Å². The van der Waals surface area contributed by atoms with E-state index in [9.17, 15) is 0 Å². The van der Waals surface area contributed by atoms with Crippen LogP contribution in [0.2, 0.25) is 5.02 Å². The van der Waals surface area contributed by atoms with E-state index in [2.05, 4.69) is 29.5 Å². The first-order valence-corrected chi connectivity index (χ1v) is 9.48. The maximum atomic E-state index is 6.24. The van der Waals surface area contributed by atoms with E-state index in [1.807, 2.05) is 48.5 Å². The Hall–Kier alpha value is -1.88. The lowest BCUT2D eigenvalue weighted by Gasteiger charge is -2.14. The Balaban J connectivity index is 1.51. The second-order valence-electron chi connectivity index (χ2n) is 5.96. The number of thiazole rings is 1. The predicted octanol–water partition coefficient (Wildman–Crippen LogP) is 5.53. The van der Waals surface area contributed by atoms with E-state index < -0.39 is 0 Å². The zero-order valence-electron chi connectivity index (χ0n) is 14.3. The first-order valence-electron chi connectivity index (χ1n) is 8.22. The molecule has 0 aliphatic rings. The zero-order chi connectivity index (χ0) is 17.6. The average Bonchev–Trinajstić information content (AvgIpc) is 3.07. The number of hydrogen-bond donors (Lipinski definition) is 1. The third-order valence-corrected chi connectivity index (χ3v) is 5.16. The molecular formula is C20H21ClN2OS. The molecule has 0 fully saturated rings. The van der Waals surface area contributed by atoms with Gasteiger partial charge in [-0.05, 0) is 37.6 Å². The highest BCUT2D eigenvalue weighted by Crippen LogP contribution is 2.23. The number of nitrogens with one attached hydrogen (secondary N) is 1. The number of ether oxygens (including phenoxy) is 1. The predicted molar refractivity (Wildman–Crippen MR) is 104 cm³/mol. The molecular weight excluding hydrogens is 352 g/mol. The van der Waals surface area contributed by atoms with E-state index >= 15 is 0 Å². The molecule has 3 aromatic rings. The molecule has 0 saturated carbocycles. The van der Waals surface area contributed by atoms with Crippen LogP contribution in [0.4, 0.5) is 0 Å². The highest BCUT2D eigenvalue weighted by molar-refractivity contribution is 7.09. The zero-order valence-corrected chi connectivity index (χ0v) is 15.9. The van der Waals surface area contributed by atoms with Gasteiger partial charge in [-0.2, -0.15) is 0 Å². The van der Waals surface area contributed by atoms with Crippen molar-refractivity contribution >= 4 is 22.9 Å². The monoisotopic (exact) mass is 372 g/mol. The van der Waals surface area contributed by atoms with Crippen molar-refractivity contribution in [3.8, 4) is 5.75 Å². The van der Waals surface area contributed by atoms with E-state index in [4.69, 9.17) is 16.3 Å². The molecule has 25 heavy (non-hydrogen) atoms. The van der Waals surface area contributed by atoms with E-state index in [0.29, 0.717) is 13.2 Å². The number of nitrogens with zero attached hydrogens (tertiary/aromatic N) is 1. The van der Waals surface area contributed by atoms with Gasteiger partial charge in [0.1, 0.15) is 17.4 Å². The van der Waals surface area contributed by atoms with Gasteiger partial charge in [-0.1, -0.05) is 47.5 Å². The summed E-state index contributed by atoms with van der Waals surface area (Å²) >= 11 is 7.86. The average molecular weight is 373 g/mol. The summed E-state index contributed by atoms with van der Waals surface area (Å²) in [5, 5.41) is 7.30. The van der Waals surface area contributed by atoms with Crippen molar-refractivity contribution in [2.45, 2.75) is 33.0 Å². The summed E-state index contributed by atoms with van der Waals surface area (Å²) in [4.78, 5) is 4.63. The fraction of sp³-hybridized carbons (Fsp3) is 0.250. The van der Waals surface area contributed by atoms with Gasteiger partial charge in [-0.15, -0.1) is 11.3 Å². The number of benzene rings is 2. The van der Waals surface area contributed by atoms with Crippen LogP contribution in [-0.2, 0) is 13.2 Å². The van der Waals surface area contributed by atoms with Crippen molar-refractivity contribution in [2.75, 3.05) is 0 Å². The molecule has 0 saturated heterocycles. The lowest BCUT2D eigenvalue weighted by Crippen LogP contribution is -2.18. The molecule has 0 bridgehead atoms. The number of aromatic nitrogens is 1. The Morgan fingerprint density at radius 3 is 2.68 bits per heavy atom. The summed E-state index contributed by atoms with van der Waals surface area (Å²) in [6.45, 7) is 5.36. The Morgan fingerprint density at radius 1 is 1.16 bits per heavy atom. The van der Waals surface area contributed by atoms with E-state index in [1.165, 1.54) is 5.56 Å². The quantitative estimate of drug-likeness (QED) is 0.591. The minimum atomic E-state index is 0.169. The summed E-state index contributed by atoms with van der Waals surface area (Å²) in [6, 6.07) is 16.1. The fourth-order valence-electron chi connectivity index (χ4n) is 2.47. The van der Waals surface area contributed by atoms with Gasteiger partial charge in [0.05, 0.1) is 5.69 Å². The molecule has 3 rings (SSSR count). The van der Waals surface area contributed by atoms with Gasteiger partial charge in [-0.3, -0.25) is 0 Å². The topological polar surface area (TPSA) is 34.1 Å². The second kappa shape index (κ2) is 8.48. The minimum Gasteiger partial charge on any atom is -0.486 e. The molecule has 0 spiro atoms. The van der Waals surface area contributed by atoms with Gasteiger partial charge in [0.15, 0.2) is 0 Å². The van der Waals surface area contributed by atoms with Crippen LogP contribution in [0.1, 0.15) is 34.8 Å². The maximum Gasteiger partial charge on any atom is 0.140 e. The van der Waals surface area contributed by atoms with Crippen LogP contribution in [0.15, 0.2) is 53.9 Å². The van der Waals surface area contributed by atoms with Crippen LogP contribution in [0.3, 0.4) is 0 Å². The molecule has 0 aliphatic carbocycles. The SMILES string of the molecule is Cc1ccc(OCc2nc(CNC(C)c3ccccc3Cl)cs2)cc1. The second-order valence-corrected chi connectivity index (χ2v) is 7.31. The number of halogens is 1. The van der Waals surface area contributed by atoms with Crippen molar-refractivity contribution in [3.05, 3.63) is 80.8 Å². The molecule has 5 heteroatoms. The Labute approximate surface area is 157 Å². The van der Waals surface area contributed by atoms with E-state index in [0.717, 1.165) is 27.0 Å². The van der Waals surface area contributed by atoms with Crippen molar-refractivity contribution < 1.29 is 4.74 Å². The van der Waals surface area contributed by atoms with Gasteiger partial charge < -0.3 is 10.1 Å². The van der Waals surface area contributed by atoms with Crippen molar-refractivity contribution in [2.24, 2.45) is 0 Å². The van der Waals surface area contributed by atoms with E-state index in [1.54, 1.807) is 11.3 Å². The lowest BCUT2D eigenvalue weighted by molar-refractivity contribution is 0.305. The number of rotatable bonds is 7. The van der Waals surface area contributed by atoms with Gasteiger partial charge in [0.2, 0.25) is 0 Å². The van der Waals surface area contributed by atoms with Crippen LogP contribution >= 0.6 is 22.9 Å². The summed E-state index contributed by atoms with van der Waals surface area (Å²) in [5.41, 5.74) is 3.34. The Bertz CT molecular complexity index is 817. The van der Waals surface area contributed by atoms with Gasteiger partial charge in [-0.25, -0.2) is 4.98 Å². The number of aryl methyl sites for hydroxylation is 1. The minimum absolute atomic E-state index is 0.169. The van der Waals surface area contributed by atoms with Crippen LogP contribution in [0, 0.1) is 6.92 Å². The first-order chi connectivity index (χ1) is 12.1. The standard InChI is InChI=1S/C20H21ClN2OS/c1-14-7-9-17(10-8-14)24-12-20-23-16(13-25-20)11-22-15(2)18-5-3-4-6-19(18)21/h3-10,13,15,22H,11-12H2,1-2H3. The molecule has 1 aromatic heterocycles. The van der Waals surface area contributed by atoms with Crippen molar-refractivity contribution in [1.82, 2.24) is 10.3 Å². The molecule has 0 radical (unpaired) electrons. The van der Waals surface area contributed by atoms with Crippen LogP contribution in [-0.4, -0.2) is 4.98 Å². The molecule has 3 nitrogen and oxygen atoms in total. The van der Waals surface area contributed by atoms with Gasteiger partial charge >= 0.3 is 0 Å². The summed E-state index contributed by atoms with van der Waals surface area (Å²) < 4.78 is 5.78. The van der Waals surface area contributed by atoms with Crippen molar-refractivity contribution in [3.63, 3.8) is 0 Å². The maximum absolute atomic E-state index is 6.24.